The van der Waals surface area contributed by atoms with Gasteiger partial charge in [-0.3, -0.25) is 4.57 Å². The number of benzene rings is 2. The molecule has 1 unspecified atom stereocenters. The quantitative estimate of drug-likeness (QED) is 0.666. The minimum Gasteiger partial charge on any atom is -0.306 e. The van der Waals surface area contributed by atoms with Gasteiger partial charge in [-0.1, -0.05) is 48.5 Å². The van der Waals surface area contributed by atoms with Gasteiger partial charge in [0, 0.05) is 6.54 Å². The molecule has 0 saturated heterocycles. The number of nitrogens with zero attached hydrogens (tertiary/aromatic N) is 3. The van der Waals surface area contributed by atoms with Crippen LogP contribution in [-0.2, 0) is 18.0 Å². The summed E-state index contributed by atoms with van der Waals surface area (Å²) in [5.41, 5.74) is 6.29. The Balaban J connectivity index is 1.46. The topological polar surface area (TPSA) is 42.7 Å². The van der Waals surface area contributed by atoms with Gasteiger partial charge in [-0.2, -0.15) is 0 Å². The lowest BCUT2D eigenvalue weighted by Gasteiger charge is -2.32. The van der Waals surface area contributed by atoms with Crippen LogP contribution in [0.5, 0.6) is 0 Å². The van der Waals surface area contributed by atoms with Gasteiger partial charge in [0.15, 0.2) is 5.82 Å². The molecule has 0 radical (unpaired) electrons. The Morgan fingerprint density at radius 3 is 2.78 bits per heavy atom. The molecule has 1 aromatic heterocycles. The van der Waals surface area contributed by atoms with E-state index in [1.807, 2.05) is 0 Å². The fourth-order valence-electron chi connectivity index (χ4n) is 4.13. The smallest absolute Gasteiger partial charge is 0.151 e. The number of aromatic nitrogens is 3. The van der Waals surface area contributed by atoms with E-state index in [2.05, 4.69) is 74.7 Å². The minimum absolute atomic E-state index is 0.338. The van der Waals surface area contributed by atoms with Crippen molar-refractivity contribution >= 4 is 17.2 Å². The molecule has 2 aromatic carbocycles. The Kier molecular flexibility index (Phi) is 4.10. The van der Waals surface area contributed by atoms with Crippen molar-refractivity contribution in [3.05, 3.63) is 83.4 Å². The molecule has 0 bridgehead atoms. The third-order valence-corrected chi connectivity index (χ3v) is 6.24. The number of rotatable bonds is 2. The molecule has 5 heteroatoms. The maximum atomic E-state index is 7.12. The maximum absolute atomic E-state index is 7.12. The second-order valence-electron chi connectivity index (χ2n) is 7.33. The van der Waals surface area contributed by atoms with Crippen LogP contribution in [0.15, 0.2) is 60.9 Å². The van der Waals surface area contributed by atoms with E-state index >= 15 is 0 Å². The van der Waals surface area contributed by atoms with Crippen LogP contribution in [0, 0.1) is 0 Å². The van der Waals surface area contributed by atoms with E-state index in [0.29, 0.717) is 0 Å². The Morgan fingerprint density at radius 2 is 1.96 bits per heavy atom. The molecule has 1 atom stereocenters. The largest absolute Gasteiger partial charge is 0.306 e. The van der Waals surface area contributed by atoms with E-state index in [1.54, 1.807) is 6.33 Å². The first kappa shape index (κ1) is 16.7. The number of nitrogens with one attached hydrogen (secondary N) is 1. The van der Waals surface area contributed by atoms with Gasteiger partial charge in [0.1, 0.15) is 6.33 Å². The van der Waals surface area contributed by atoms with Crippen LogP contribution < -0.4 is 5.32 Å². The van der Waals surface area contributed by atoms with Gasteiger partial charge < -0.3 is 5.32 Å². The standard InChI is InChI=1S/C22H21ClN4/c23-22(10-8-17(9-11-22)16-4-2-1-3-5-16)19-6-7-20-18(12-19)13-24-14-21-26-25-15-27(20)21/h1-8,12,15,24H,9-11,13-14H2. The zero-order valence-electron chi connectivity index (χ0n) is 15.0. The van der Waals surface area contributed by atoms with Crippen molar-refractivity contribution in [3.63, 3.8) is 0 Å². The summed E-state index contributed by atoms with van der Waals surface area (Å²) >= 11 is 7.12. The lowest BCUT2D eigenvalue weighted by atomic mass is 9.81. The van der Waals surface area contributed by atoms with Crippen molar-refractivity contribution in [2.24, 2.45) is 0 Å². The molecule has 2 aliphatic rings. The lowest BCUT2D eigenvalue weighted by Crippen LogP contribution is -2.22. The highest BCUT2D eigenvalue weighted by Crippen LogP contribution is 2.45. The van der Waals surface area contributed by atoms with Crippen molar-refractivity contribution in [2.45, 2.75) is 37.2 Å². The molecule has 1 aliphatic carbocycles. The number of hydrogen-bond donors (Lipinski definition) is 1. The average Bonchev–Trinajstić information content (AvgIpc) is 3.10. The summed E-state index contributed by atoms with van der Waals surface area (Å²) in [7, 11) is 0. The molecule has 1 N–H and O–H groups in total. The molecule has 27 heavy (non-hydrogen) atoms. The third-order valence-electron chi connectivity index (χ3n) is 5.68. The fraction of sp³-hybridized carbons (Fsp3) is 0.273. The van der Waals surface area contributed by atoms with Gasteiger partial charge in [0.25, 0.3) is 0 Å². The van der Waals surface area contributed by atoms with Gasteiger partial charge in [0.05, 0.1) is 17.1 Å². The monoisotopic (exact) mass is 376 g/mol. The molecule has 5 rings (SSSR count). The van der Waals surface area contributed by atoms with E-state index in [-0.39, 0.29) is 4.87 Å². The van der Waals surface area contributed by atoms with Crippen LogP contribution in [0.3, 0.4) is 0 Å². The van der Waals surface area contributed by atoms with Gasteiger partial charge in [-0.25, -0.2) is 0 Å². The molecule has 1 aliphatic heterocycles. The lowest BCUT2D eigenvalue weighted by molar-refractivity contribution is 0.553. The van der Waals surface area contributed by atoms with Crippen molar-refractivity contribution in [2.75, 3.05) is 0 Å². The number of hydrogen-bond acceptors (Lipinski definition) is 3. The molecule has 136 valence electrons. The first-order valence-electron chi connectivity index (χ1n) is 9.40. The van der Waals surface area contributed by atoms with Gasteiger partial charge >= 0.3 is 0 Å². The average molecular weight is 377 g/mol. The maximum Gasteiger partial charge on any atom is 0.151 e. The molecular weight excluding hydrogens is 356 g/mol. The van der Waals surface area contributed by atoms with Crippen LogP contribution in [0.2, 0.25) is 0 Å². The van der Waals surface area contributed by atoms with Crippen LogP contribution in [0.4, 0.5) is 0 Å². The predicted molar refractivity (Wildman–Crippen MR) is 108 cm³/mol. The van der Waals surface area contributed by atoms with Crippen LogP contribution >= 0.6 is 11.6 Å². The molecule has 0 amide bonds. The second-order valence-corrected chi connectivity index (χ2v) is 8.05. The summed E-state index contributed by atoms with van der Waals surface area (Å²) in [4.78, 5) is -0.338. The summed E-state index contributed by atoms with van der Waals surface area (Å²) in [6.45, 7) is 1.53. The van der Waals surface area contributed by atoms with E-state index in [4.69, 9.17) is 11.6 Å². The highest BCUT2D eigenvalue weighted by atomic mass is 35.5. The second kappa shape index (κ2) is 6.63. The first-order valence-corrected chi connectivity index (χ1v) is 9.77. The highest BCUT2D eigenvalue weighted by molar-refractivity contribution is 6.24. The Morgan fingerprint density at radius 1 is 1.07 bits per heavy atom. The number of fused-ring (bicyclic) bond motifs is 3. The van der Waals surface area contributed by atoms with Crippen LogP contribution in [0.25, 0.3) is 11.3 Å². The molecule has 0 saturated carbocycles. The summed E-state index contributed by atoms with van der Waals surface area (Å²) in [5.74, 6) is 0.940. The summed E-state index contributed by atoms with van der Waals surface area (Å²) in [6, 6.07) is 17.2. The number of halogens is 1. The van der Waals surface area contributed by atoms with E-state index < -0.39 is 0 Å². The normalized spacial score (nSPS) is 21.7. The van der Waals surface area contributed by atoms with Crippen LogP contribution in [0.1, 0.15) is 41.8 Å². The number of allylic oxidation sites excluding steroid dienone is 2. The van der Waals surface area contributed by atoms with E-state index in [0.717, 1.165) is 43.9 Å². The van der Waals surface area contributed by atoms with Crippen LogP contribution in [-0.4, -0.2) is 14.8 Å². The molecule has 4 nitrogen and oxygen atoms in total. The van der Waals surface area contributed by atoms with Crippen molar-refractivity contribution < 1.29 is 0 Å². The van der Waals surface area contributed by atoms with E-state index in [1.165, 1.54) is 22.3 Å². The van der Waals surface area contributed by atoms with Gasteiger partial charge in [-0.05, 0) is 47.6 Å². The zero-order chi connectivity index (χ0) is 18.3. The SMILES string of the molecule is ClC1(c2ccc3c(c2)CNCc2nncn2-3)CC=C(c2ccccc2)CC1. The van der Waals surface area contributed by atoms with Crippen molar-refractivity contribution in [1.82, 2.24) is 20.1 Å². The molecule has 3 aromatic rings. The third kappa shape index (κ3) is 2.99. The Labute approximate surface area is 163 Å². The molecule has 0 spiro atoms. The van der Waals surface area contributed by atoms with E-state index in [9.17, 15) is 0 Å². The van der Waals surface area contributed by atoms with Crippen molar-refractivity contribution in [3.8, 4) is 5.69 Å². The minimum atomic E-state index is -0.338. The van der Waals surface area contributed by atoms with Crippen molar-refractivity contribution in [1.29, 1.82) is 0 Å². The van der Waals surface area contributed by atoms with Gasteiger partial charge in [0.2, 0.25) is 0 Å². The number of alkyl halides is 1. The van der Waals surface area contributed by atoms with Gasteiger partial charge in [-0.15, -0.1) is 21.8 Å². The fourth-order valence-corrected chi connectivity index (χ4v) is 4.42. The molecule has 2 heterocycles. The molecular formula is C22H21ClN4. The first-order chi connectivity index (χ1) is 13.2. The molecule has 0 fully saturated rings. The summed E-state index contributed by atoms with van der Waals surface area (Å²) in [6.07, 6.45) is 6.89. The Hall–Kier alpha value is -2.43. The predicted octanol–water partition coefficient (Wildman–Crippen LogP) is 4.57. The summed E-state index contributed by atoms with van der Waals surface area (Å²) in [5, 5.41) is 11.7. The highest BCUT2D eigenvalue weighted by Gasteiger charge is 2.32. The zero-order valence-corrected chi connectivity index (χ0v) is 15.8. The Bertz CT molecular complexity index is 1010. The summed E-state index contributed by atoms with van der Waals surface area (Å²) < 4.78 is 2.06.